The maximum atomic E-state index is 12.8. The van der Waals surface area contributed by atoms with E-state index in [0.717, 1.165) is 16.8 Å². The van der Waals surface area contributed by atoms with E-state index < -0.39 is 5.91 Å². The molecular formula is C24H18N6O2. The van der Waals surface area contributed by atoms with Crippen LogP contribution in [0.25, 0.3) is 28.0 Å². The number of fused-ring (bicyclic) bond motifs is 1. The van der Waals surface area contributed by atoms with Crippen LogP contribution < -0.4 is 0 Å². The molecule has 3 aromatic carbocycles. The second-order valence-corrected chi connectivity index (χ2v) is 7.13. The monoisotopic (exact) mass is 422 g/mol. The Kier molecular flexibility index (Phi) is 4.79. The summed E-state index contributed by atoms with van der Waals surface area (Å²) in [5, 5.41) is 23.3. The molecule has 1 amide bonds. The maximum absolute atomic E-state index is 12.8. The summed E-state index contributed by atoms with van der Waals surface area (Å²) < 4.78 is 3.19. The van der Waals surface area contributed by atoms with Crippen LogP contribution in [0.15, 0.2) is 95.2 Å². The van der Waals surface area contributed by atoms with Gasteiger partial charge in [0.2, 0.25) is 11.7 Å². The van der Waals surface area contributed by atoms with E-state index in [1.54, 1.807) is 16.3 Å². The highest BCUT2D eigenvalue weighted by atomic mass is 16.3. The fourth-order valence-corrected chi connectivity index (χ4v) is 3.52. The number of hydrogen-bond acceptors (Lipinski definition) is 5. The van der Waals surface area contributed by atoms with Crippen LogP contribution in [0.5, 0.6) is 5.88 Å². The predicted octanol–water partition coefficient (Wildman–Crippen LogP) is 5.06. The molecule has 0 saturated carbocycles. The van der Waals surface area contributed by atoms with Crippen molar-refractivity contribution in [3.8, 4) is 23.0 Å². The zero-order valence-electron chi connectivity index (χ0n) is 17.1. The van der Waals surface area contributed by atoms with Crippen LogP contribution in [0.3, 0.4) is 0 Å². The van der Waals surface area contributed by atoms with Crippen molar-refractivity contribution in [1.82, 2.24) is 19.3 Å². The number of rotatable bonds is 4. The van der Waals surface area contributed by atoms with Gasteiger partial charge in [0.25, 0.3) is 0 Å². The normalized spacial score (nSPS) is 11.4. The Bertz CT molecular complexity index is 1400. The van der Waals surface area contributed by atoms with Gasteiger partial charge in [0, 0.05) is 18.0 Å². The van der Waals surface area contributed by atoms with Crippen LogP contribution in [0, 0.1) is 0 Å². The number of aryl methyl sites for hydroxylation is 1. The predicted molar refractivity (Wildman–Crippen MR) is 120 cm³/mol. The zero-order valence-corrected chi connectivity index (χ0v) is 17.1. The zero-order chi connectivity index (χ0) is 22.1. The van der Waals surface area contributed by atoms with Crippen LogP contribution >= 0.6 is 0 Å². The molecule has 0 aliphatic heterocycles. The molecule has 0 fully saturated rings. The number of carbonyl (C=O) groups is 1. The lowest BCUT2D eigenvalue weighted by Crippen LogP contribution is -2.01. The van der Waals surface area contributed by atoms with Crippen LogP contribution in [0.2, 0.25) is 0 Å². The Balaban J connectivity index is 1.55. The Morgan fingerprint density at radius 1 is 0.906 bits per heavy atom. The van der Waals surface area contributed by atoms with Crippen molar-refractivity contribution in [2.24, 2.45) is 17.3 Å². The lowest BCUT2D eigenvalue weighted by atomic mass is 10.2. The lowest BCUT2D eigenvalue weighted by Gasteiger charge is -2.05. The Labute approximate surface area is 183 Å². The van der Waals surface area contributed by atoms with Gasteiger partial charge >= 0.3 is 5.91 Å². The number of carbonyl (C=O) groups excluding carboxylic acids is 1. The molecule has 32 heavy (non-hydrogen) atoms. The Morgan fingerprint density at radius 3 is 2.31 bits per heavy atom. The van der Waals surface area contributed by atoms with E-state index in [1.807, 2.05) is 84.9 Å². The number of azo groups is 1. The van der Waals surface area contributed by atoms with Crippen LogP contribution in [-0.2, 0) is 7.05 Å². The topological polar surface area (TPSA) is 97.7 Å². The van der Waals surface area contributed by atoms with Gasteiger partial charge in [-0.2, -0.15) is 0 Å². The molecule has 1 N–H and O–H groups in total. The van der Waals surface area contributed by atoms with Crippen LogP contribution in [0.1, 0.15) is 10.6 Å². The van der Waals surface area contributed by atoms with Gasteiger partial charge < -0.3 is 9.67 Å². The number of para-hydroxylation sites is 2. The van der Waals surface area contributed by atoms with Gasteiger partial charge in [-0.25, -0.2) is 9.67 Å². The molecule has 0 aliphatic rings. The van der Waals surface area contributed by atoms with Crippen LogP contribution in [-0.4, -0.2) is 30.3 Å². The summed E-state index contributed by atoms with van der Waals surface area (Å²) in [6, 6.07) is 26.3. The molecule has 0 aliphatic carbocycles. The lowest BCUT2D eigenvalue weighted by molar-refractivity contribution is 0.0985. The number of amides is 1. The van der Waals surface area contributed by atoms with Gasteiger partial charge in [-0.1, -0.05) is 66.7 Å². The van der Waals surface area contributed by atoms with Gasteiger partial charge in [0.05, 0.1) is 11.2 Å². The highest BCUT2D eigenvalue weighted by molar-refractivity contribution is 5.96. The largest absolute Gasteiger partial charge is 0.493 e. The minimum absolute atomic E-state index is 0.0736. The molecular weight excluding hydrogens is 404 g/mol. The van der Waals surface area contributed by atoms with E-state index in [1.165, 1.54) is 0 Å². The number of aromatic nitrogens is 4. The quantitative estimate of drug-likeness (QED) is 0.410. The number of nitrogens with zero attached hydrogens (tertiary/aromatic N) is 6. The number of benzene rings is 3. The Hall–Kier alpha value is -4.59. The molecule has 2 aromatic heterocycles. The van der Waals surface area contributed by atoms with Crippen molar-refractivity contribution in [3.63, 3.8) is 0 Å². The second kappa shape index (κ2) is 7.92. The molecule has 0 saturated heterocycles. The summed E-state index contributed by atoms with van der Waals surface area (Å²) in [6.45, 7) is 0. The third-order valence-corrected chi connectivity index (χ3v) is 5.12. The van der Waals surface area contributed by atoms with Crippen molar-refractivity contribution in [2.75, 3.05) is 0 Å². The average Bonchev–Trinajstić information content (AvgIpc) is 3.39. The van der Waals surface area contributed by atoms with Gasteiger partial charge in [-0.05, 0) is 18.2 Å². The first-order valence-corrected chi connectivity index (χ1v) is 9.94. The molecule has 5 rings (SSSR count). The first kappa shape index (κ1) is 19.4. The summed E-state index contributed by atoms with van der Waals surface area (Å²) in [5.74, 6) is -0.348. The summed E-state index contributed by atoms with van der Waals surface area (Å²) in [7, 11) is 1.72. The Morgan fingerprint density at radius 2 is 1.56 bits per heavy atom. The van der Waals surface area contributed by atoms with Gasteiger partial charge in [0.1, 0.15) is 0 Å². The SMILES string of the molecule is Cn1c(O)c(N=NC(=O)c2nc(-c3ccccc3)n(-c3ccccc3)n2)c2ccccc21. The molecule has 8 nitrogen and oxygen atoms in total. The van der Waals surface area contributed by atoms with Crippen molar-refractivity contribution in [3.05, 3.63) is 90.8 Å². The summed E-state index contributed by atoms with van der Waals surface area (Å²) in [4.78, 5) is 17.3. The molecule has 0 atom stereocenters. The average molecular weight is 422 g/mol. The summed E-state index contributed by atoms with van der Waals surface area (Å²) >= 11 is 0. The van der Waals surface area contributed by atoms with E-state index in [9.17, 15) is 9.90 Å². The molecule has 8 heteroatoms. The van der Waals surface area contributed by atoms with E-state index in [4.69, 9.17) is 0 Å². The molecule has 0 unspecified atom stereocenters. The minimum atomic E-state index is -0.704. The van der Waals surface area contributed by atoms with E-state index in [-0.39, 0.29) is 17.4 Å². The minimum Gasteiger partial charge on any atom is -0.493 e. The molecule has 2 heterocycles. The van der Waals surface area contributed by atoms with Crippen molar-refractivity contribution < 1.29 is 9.90 Å². The second-order valence-electron chi connectivity index (χ2n) is 7.13. The van der Waals surface area contributed by atoms with Gasteiger partial charge in [-0.15, -0.1) is 15.3 Å². The number of aromatic hydroxyl groups is 1. The molecule has 0 radical (unpaired) electrons. The highest BCUT2D eigenvalue weighted by Gasteiger charge is 2.20. The molecule has 156 valence electrons. The fraction of sp³-hybridized carbons (Fsp3) is 0.0417. The molecule has 0 spiro atoms. The first-order valence-electron chi connectivity index (χ1n) is 9.94. The van der Waals surface area contributed by atoms with Gasteiger partial charge in [-0.3, -0.25) is 4.79 Å². The van der Waals surface area contributed by atoms with Crippen molar-refractivity contribution in [2.45, 2.75) is 0 Å². The molecule has 0 bridgehead atoms. The molecule has 5 aromatic rings. The third kappa shape index (κ3) is 3.33. The summed E-state index contributed by atoms with van der Waals surface area (Å²) in [5.41, 5.74) is 2.58. The van der Waals surface area contributed by atoms with Crippen molar-refractivity contribution in [1.29, 1.82) is 0 Å². The van der Waals surface area contributed by atoms with E-state index in [0.29, 0.717) is 11.2 Å². The smallest absolute Gasteiger partial charge is 0.335 e. The van der Waals surface area contributed by atoms with Crippen LogP contribution in [0.4, 0.5) is 5.69 Å². The van der Waals surface area contributed by atoms with Gasteiger partial charge in [0.15, 0.2) is 11.5 Å². The fourth-order valence-electron chi connectivity index (χ4n) is 3.52. The van der Waals surface area contributed by atoms with E-state index >= 15 is 0 Å². The summed E-state index contributed by atoms with van der Waals surface area (Å²) in [6.07, 6.45) is 0. The maximum Gasteiger partial charge on any atom is 0.335 e. The van der Waals surface area contributed by atoms with E-state index in [2.05, 4.69) is 20.3 Å². The van der Waals surface area contributed by atoms with Crippen molar-refractivity contribution >= 4 is 22.5 Å². The first-order chi connectivity index (χ1) is 15.6. The third-order valence-electron chi connectivity index (χ3n) is 5.12. The number of hydrogen-bond donors (Lipinski definition) is 1. The highest BCUT2D eigenvalue weighted by Crippen LogP contribution is 2.37. The standard InChI is InChI=1S/C24H18N6O2/c1-29-19-15-9-8-14-18(19)20(24(29)32)26-27-23(31)21-25-22(16-10-4-2-5-11-16)30(28-21)17-12-6-3-7-13-17/h2-15,32H,1H3.